The summed E-state index contributed by atoms with van der Waals surface area (Å²) < 4.78 is 1.14. The van der Waals surface area contributed by atoms with Crippen molar-refractivity contribution in [1.82, 2.24) is 4.98 Å². The molecule has 29 heavy (non-hydrogen) atoms. The van der Waals surface area contributed by atoms with Crippen LogP contribution in [0.1, 0.15) is 11.1 Å². The average molecular weight is 439 g/mol. The number of carbonyl (C=O) groups is 1. The summed E-state index contributed by atoms with van der Waals surface area (Å²) in [4.78, 5) is 17.1. The molecular formula is C23H16Cl2N2OS. The fourth-order valence-corrected chi connectivity index (χ4v) is 4.49. The summed E-state index contributed by atoms with van der Waals surface area (Å²) in [5.41, 5.74) is 4.43. The normalized spacial score (nSPS) is 11.3. The molecule has 0 saturated carbocycles. The Kier molecular flexibility index (Phi) is 5.67. The number of aromatic nitrogens is 1. The smallest absolute Gasteiger partial charge is 0.248 e. The molecule has 3 nitrogen and oxygen atoms in total. The second-order valence-corrected chi connectivity index (χ2v) is 8.33. The highest BCUT2D eigenvalue weighted by molar-refractivity contribution is 7.21. The highest BCUT2D eigenvalue weighted by Gasteiger charge is 2.12. The van der Waals surface area contributed by atoms with Gasteiger partial charge in [-0.1, -0.05) is 53.5 Å². The molecule has 0 unspecified atom stereocenters. The van der Waals surface area contributed by atoms with Crippen molar-refractivity contribution in [2.45, 2.75) is 6.92 Å². The predicted molar refractivity (Wildman–Crippen MR) is 124 cm³/mol. The van der Waals surface area contributed by atoms with Crippen molar-refractivity contribution in [3.8, 4) is 10.6 Å². The van der Waals surface area contributed by atoms with E-state index in [0.717, 1.165) is 37.6 Å². The van der Waals surface area contributed by atoms with E-state index in [2.05, 4.69) is 11.4 Å². The molecule has 0 radical (unpaired) electrons. The standard InChI is InChI=1S/C23H16Cl2N2OS/c1-14-17(23-27-20-6-2-3-8-21(20)29-23)5-4-7-19(14)26-22(28)12-10-15-9-11-16(24)13-18(15)25/h2-13H,1H3,(H,26,28)/b12-10+. The molecule has 0 saturated heterocycles. The summed E-state index contributed by atoms with van der Waals surface area (Å²) in [6, 6.07) is 19.0. The Morgan fingerprint density at radius 2 is 1.90 bits per heavy atom. The lowest BCUT2D eigenvalue weighted by molar-refractivity contribution is -0.111. The molecule has 1 heterocycles. The van der Waals surface area contributed by atoms with Crippen molar-refractivity contribution in [2.24, 2.45) is 0 Å². The first kappa shape index (κ1) is 19.6. The fourth-order valence-electron chi connectivity index (χ4n) is 2.97. The minimum atomic E-state index is -0.236. The second kappa shape index (κ2) is 8.37. The van der Waals surface area contributed by atoms with Crippen LogP contribution in [0, 0.1) is 6.92 Å². The van der Waals surface area contributed by atoms with Crippen molar-refractivity contribution >= 4 is 62.4 Å². The van der Waals surface area contributed by atoms with Crippen LogP contribution in [-0.2, 0) is 4.79 Å². The molecule has 1 N–H and O–H groups in total. The fraction of sp³-hybridized carbons (Fsp3) is 0.0435. The molecule has 1 aromatic heterocycles. The van der Waals surface area contributed by atoms with Crippen molar-refractivity contribution < 1.29 is 4.79 Å². The highest BCUT2D eigenvalue weighted by atomic mass is 35.5. The van der Waals surface area contributed by atoms with Crippen LogP contribution in [0.25, 0.3) is 26.9 Å². The van der Waals surface area contributed by atoms with E-state index < -0.39 is 0 Å². The molecule has 4 rings (SSSR count). The van der Waals surface area contributed by atoms with Crippen LogP contribution in [0.3, 0.4) is 0 Å². The van der Waals surface area contributed by atoms with Crippen LogP contribution in [0.4, 0.5) is 5.69 Å². The molecule has 4 aromatic rings. The zero-order valence-corrected chi connectivity index (χ0v) is 17.8. The average Bonchev–Trinajstić information content (AvgIpc) is 3.13. The quantitative estimate of drug-likeness (QED) is 0.341. The molecule has 3 aromatic carbocycles. The van der Waals surface area contributed by atoms with Gasteiger partial charge >= 0.3 is 0 Å². The topological polar surface area (TPSA) is 42.0 Å². The molecule has 144 valence electrons. The maximum Gasteiger partial charge on any atom is 0.248 e. The molecule has 0 aliphatic carbocycles. The van der Waals surface area contributed by atoms with Gasteiger partial charge in [-0.3, -0.25) is 4.79 Å². The second-order valence-electron chi connectivity index (χ2n) is 6.45. The van der Waals surface area contributed by atoms with E-state index in [1.807, 2.05) is 43.3 Å². The van der Waals surface area contributed by atoms with E-state index >= 15 is 0 Å². The maximum absolute atomic E-state index is 12.4. The molecular weight excluding hydrogens is 423 g/mol. The number of para-hydroxylation sites is 1. The van der Waals surface area contributed by atoms with Gasteiger partial charge in [-0.15, -0.1) is 11.3 Å². The molecule has 0 aliphatic heterocycles. The van der Waals surface area contributed by atoms with E-state index in [4.69, 9.17) is 28.2 Å². The van der Waals surface area contributed by atoms with Gasteiger partial charge in [0.05, 0.1) is 10.2 Å². The summed E-state index contributed by atoms with van der Waals surface area (Å²) >= 11 is 13.7. The third-order valence-electron chi connectivity index (χ3n) is 4.49. The van der Waals surface area contributed by atoms with Crippen LogP contribution < -0.4 is 5.32 Å². The first-order valence-electron chi connectivity index (χ1n) is 8.91. The van der Waals surface area contributed by atoms with Gasteiger partial charge in [-0.25, -0.2) is 4.98 Å². The summed E-state index contributed by atoms with van der Waals surface area (Å²) in [6.07, 6.45) is 3.12. The summed E-state index contributed by atoms with van der Waals surface area (Å²) in [7, 11) is 0. The lowest BCUT2D eigenvalue weighted by atomic mass is 10.1. The first-order chi connectivity index (χ1) is 14.0. The highest BCUT2D eigenvalue weighted by Crippen LogP contribution is 2.34. The summed E-state index contributed by atoms with van der Waals surface area (Å²) in [6.45, 7) is 1.98. The number of nitrogens with zero attached hydrogens (tertiary/aromatic N) is 1. The number of thiazole rings is 1. The lowest BCUT2D eigenvalue weighted by Crippen LogP contribution is -2.09. The van der Waals surface area contributed by atoms with Crippen molar-refractivity contribution in [3.05, 3.63) is 87.9 Å². The van der Waals surface area contributed by atoms with E-state index in [1.165, 1.54) is 6.08 Å². The lowest BCUT2D eigenvalue weighted by Gasteiger charge is -2.10. The molecule has 0 atom stereocenters. The van der Waals surface area contributed by atoms with Crippen molar-refractivity contribution in [2.75, 3.05) is 5.32 Å². The molecule has 0 fully saturated rings. The number of nitrogens with one attached hydrogen (secondary N) is 1. The van der Waals surface area contributed by atoms with Crippen LogP contribution >= 0.6 is 34.5 Å². The number of halogens is 2. The van der Waals surface area contributed by atoms with Gasteiger partial charge in [-0.05, 0) is 54.5 Å². The van der Waals surface area contributed by atoms with Gasteiger partial charge in [0.25, 0.3) is 0 Å². The Morgan fingerprint density at radius 3 is 2.69 bits per heavy atom. The zero-order valence-electron chi connectivity index (χ0n) is 15.4. The van der Waals surface area contributed by atoms with Crippen LogP contribution in [0.15, 0.2) is 66.7 Å². The van der Waals surface area contributed by atoms with E-state index in [1.54, 1.807) is 35.6 Å². The number of benzene rings is 3. The van der Waals surface area contributed by atoms with Gasteiger partial charge in [-0.2, -0.15) is 0 Å². The number of amides is 1. The first-order valence-corrected chi connectivity index (χ1v) is 10.5. The Balaban J connectivity index is 1.57. The molecule has 0 spiro atoms. The van der Waals surface area contributed by atoms with Gasteiger partial charge < -0.3 is 5.32 Å². The number of fused-ring (bicyclic) bond motifs is 1. The third-order valence-corrected chi connectivity index (χ3v) is 6.12. The van der Waals surface area contributed by atoms with E-state index in [9.17, 15) is 4.79 Å². The Labute approximate surface area is 182 Å². The minimum absolute atomic E-state index is 0.236. The molecule has 0 bridgehead atoms. The van der Waals surface area contributed by atoms with Crippen LogP contribution in [0.5, 0.6) is 0 Å². The monoisotopic (exact) mass is 438 g/mol. The van der Waals surface area contributed by atoms with Crippen LogP contribution in [0.2, 0.25) is 10.0 Å². The summed E-state index contributed by atoms with van der Waals surface area (Å²) in [5.74, 6) is -0.236. The van der Waals surface area contributed by atoms with Crippen molar-refractivity contribution in [3.63, 3.8) is 0 Å². The number of hydrogen-bond acceptors (Lipinski definition) is 3. The number of anilines is 1. The Morgan fingerprint density at radius 1 is 1.07 bits per heavy atom. The van der Waals surface area contributed by atoms with Gasteiger partial charge in [0, 0.05) is 27.4 Å². The number of carbonyl (C=O) groups excluding carboxylic acids is 1. The Bertz CT molecular complexity index is 1210. The van der Waals surface area contributed by atoms with Gasteiger partial charge in [0.15, 0.2) is 0 Å². The SMILES string of the molecule is Cc1c(NC(=O)/C=C/c2ccc(Cl)cc2Cl)cccc1-c1nc2ccccc2s1. The number of hydrogen-bond donors (Lipinski definition) is 1. The largest absolute Gasteiger partial charge is 0.322 e. The minimum Gasteiger partial charge on any atom is -0.322 e. The van der Waals surface area contributed by atoms with E-state index in [0.29, 0.717) is 10.0 Å². The molecule has 0 aliphatic rings. The van der Waals surface area contributed by atoms with Gasteiger partial charge in [0.1, 0.15) is 5.01 Å². The zero-order chi connectivity index (χ0) is 20.4. The molecule has 6 heteroatoms. The Hall–Kier alpha value is -2.66. The third kappa shape index (κ3) is 4.35. The predicted octanol–water partition coefficient (Wildman–Crippen LogP) is 7.23. The molecule has 1 amide bonds. The van der Waals surface area contributed by atoms with Gasteiger partial charge in [0.2, 0.25) is 5.91 Å². The van der Waals surface area contributed by atoms with E-state index in [-0.39, 0.29) is 5.91 Å². The maximum atomic E-state index is 12.4. The van der Waals surface area contributed by atoms with Crippen LogP contribution in [-0.4, -0.2) is 10.9 Å². The number of rotatable bonds is 4. The summed E-state index contributed by atoms with van der Waals surface area (Å²) in [5, 5.41) is 4.92. The van der Waals surface area contributed by atoms with Crippen molar-refractivity contribution in [1.29, 1.82) is 0 Å².